The fraction of sp³-hybridized carbons (Fsp3) is 0.194. The molecule has 0 aliphatic carbocycles. The molecule has 2 aromatic heterocycles. The van der Waals surface area contributed by atoms with Gasteiger partial charge in [-0.05, 0) is 167 Å². The Labute approximate surface area is 424 Å². The van der Waals surface area contributed by atoms with Crippen molar-refractivity contribution in [2.24, 2.45) is 0 Å². The van der Waals surface area contributed by atoms with Gasteiger partial charge < -0.3 is 18.8 Å². The van der Waals surface area contributed by atoms with E-state index in [1.165, 1.54) is 111 Å². The summed E-state index contributed by atoms with van der Waals surface area (Å²) >= 11 is 0. The summed E-state index contributed by atoms with van der Waals surface area (Å²) < 4.78 is 9.13. The van der Waals surface area contributed by atoms with Gasteiger partial charge in [-0.15, -0.1) is 0 Å². The Morgan fingerprint density at radius 1 is 0.431 bits per heavy atom. The van der Waals surface area contributed by atoms with Gasteiger partial charge in [0, 0.05) is 55.5 Å². The molecule has 72 heavy (non-hydrogen) atoms. The van der Waals surface area contributed by atoms with Gasteiger partial charge in [0.2, 0.25) is 0 Å². The molecule has 2 aliphatic heterocycles. The number of aromatic nitrogens is 1. The van der Waals surface area contributed by atoms with E-state index in [0.717, 1.165) is 38.8 Å². The predicted molar refractivity (Wildman–Crippen MR) is 309 cm³/mol. The van der Waals surface area contributed by atoms with Gasteiger partial charge in [-0.25, -0.2) is 0 Å². The van der Waals surface area contributed by atoms with Gasteiger partial charge in [-0.1, -0.05) is 145 Å². The summed E-state index contributed by atoms with van der Waals surface area (Å²) in [5.74, 6) is 0. The average Bonchev–Trinajstić information content (AvgIpc) is 3.89. The molecule has 9 aromatic carbocycles. The first-order valence-corrected chi connectivity index (χ1v) is 25.7. The van der Waals surface area contributed by atoms with Crippen LogP contribution in [-0.2, 0) is 10.8 Å². The SMILES string of the molecule is Cc1cc2c3c(c1)N(c1c(C)cccc1C)c1cc4c(cc1B3c1cc(C(C)(C)C)ccc1N2c1c(C)cc(-c2cccc3c2oc2ccccc23)cc1C)c1ccc(C(C)(C)C)cc1n4-c1ccccc1. The lowest BCUT2D eigenvalue weighted by atomic mass is 9.33. The lowest BCUT2D eigenvalue weighted by Crippen LogP contribution is -2.61. The monoisotopic (exact) mass is 933 g/mol. The molecular weight excluding hydrogens is 874 g/mol. The van der Waals surface area contributed by atoms with E-state index in [1.54, 1.807) is 0 Å². The van der Waals surface area contributed by atoms with E-state index in [1.807, 2.05) is 0 Å². The molecule has 5 heteroatoms. The van der Waals surface area contributed by atoms with Gasteiger partial charge >= 0.3 is 0 Å². The lowest BCUT2D eigenvalue weighted by Gasteiger charge is -2.46. The topological polar surface area (TPSA) is 24.6 Å². The normalized spacial score (nSPS) is 13.4. The Morgan fingerprint density at radius 2 is 1.01 bits per heavy atom. The number of aryl methyl sites for hydroxylation is 5. The number of furan rings is 1. The highest BCUT2D eigenvalue weighted by molar-refractivity contribution is 7.00. The highest BCUT2D eigenvalue weighted by Gasteiger charge is 2.45. The summed E-state index contributed by atoms with van der Waals surface area (Å²) in [6.45, 7) is 25.4. The third-order valence-electron chi connectivity index (χ3n) is 15.9. The van der Waals surface area contributed by atoms with Crippen LogP contribution in [0.4, 0.5) is 34.1 Å². The summed E-state index contributed by atoms with van der Waals surface area (Å²) in [4.78, 5) is 5.24. The predicted octanol–water partition coefficient (Wildman–Crippen LogP) is 16.6. The van der Waals surface area contributed by atoms with E-state index in [4.69, 9.17) is 4.42 Å². The van der Waals surface area contributed by atoms with Crippen LogP contribution in [0.2, 0.25) is 0 Å². The second kappa shape index (κ2) is 15.6. The standard InChI is InChI=1S/C67H60BN3O/c1-39-31-59-62-60(32-39)71(63-40(2)19-17-20-41(63)3)58-38-57-52(49-29-27-46(67(9,10)11)36-56(49)69(57)47-21-13-12-14-22-47)37-54(58)68(62)53-35-45(66(6,7)8)28-30-55(53)70(59)64-42(4)33-44(34-43(64)5)48-24-18-25-51-50-23-15-16-26-61(50)72-65(48)51/h12-38H,1-11H3. The zero-order valence-corrected chi connectivity index (χ0v) is 43.4. The Hall–Kier alpha value is -7.76. The van der Waals surface area contributed by atoms with Crippen LogP contribution in [0.15, 0.2) is 168 Å². The third kappa shape index (κ3) is 6.52. The highest BCUT2D eigenvalue weighted by atomic mass is 16.3. The van der Waals surface area contributed by atoms with Gasteiger partial charge in [-0.3, -0.25) is 0 Å². The maximum Gasteiger partial charge on any atom is 0.252 e. The lowest BCUT2D eigenvalue weighted by molar-refractivity contribution is 0.590. The molecule has 0 fully saturated rings. The number of anilines is 6. The molecule has 2 aliphatic rings. The van der Waals surface area contributed by atoms with Crippen molar-refractivity contribution < 1.29 is 4.42 Å². The summed E-state index contributed by atoms with van der Waals surface area (Å²) in [6.07, 6.45) is 0. The summed E-state index contributed by atoms with van der Waals surface area (Å²) in [6, 6.07) is 62.0. The molecule has 0 radical (unpaired) electrons. The highest BCUT2D eigenvalue weighted by Crippen LogP contribution is 2.50. The zero-order valence-electron chi connectivity index (χ0n) is 43.4. The van der Waals surface area contributed by atoms with Crippen molar-refractivity contribution in [2.75, 3.05) is 9.80 Å². The fourth-order valence-electron chi connectivity index (χ4n) is 12.5. The van der Waals surface area contributed by atoms with Gasteiger partial charge in [0.25, 0.3) is 6.71 Å². The molecule has 0 bridgehead atoms. The van der Waals surface area contributed by atoms with Crippen LogP contribution < -0.4 is 26.2 Å². The molecule has 0 unspecified atom stereocenters. The van der Waals surface area contributed by atoms with Crippen LogP contribution in [0.25, 0.3) is 60.6 Å². The van der Waals surface area contributed by atoms with Crippen molar-refractivity contribution in [1.82, 2.24) is 4.57 Å². The smallest absolute Gasteiger partial charge is 0.252 e. The molecule has 4 nitrogen and oxygen atoms in total. The van der Waals surface area contributed by atoms with E-state index in [-0.39, 0.29) is 17.5 Å². The molecule has 13 rings (SSSR count). The van der Waals surface area contributed by atoms with Gasteiger partial charge in [-0.2, -0.15) is 0 Å². The van der Waals surface area contributed by atoms with Crippen LogP contribution >= 0.6 is 0 Å². The van der Waals surface area contributed by atoms with Crippen LogP contribution in [0.5, 0.6) is 0 Å². The van der Waals surface area contributed by atoms with Crippen molar-refractivity contribution in [3.63, 3.8) is 0 Å². The molecule has 0 spiro atoms. The van der Waals surface area contributed by atoms with Gasteiger partial charge in [0.15, 0.2) is 0 Å². The molecule has 0 saturated carbocycles. The number of nitrogens with zero attached hydrogens (tertiary/aromatic N) is 3. The molecule has 4 heterocycles. The van der Waals surface area contributed by atoms with Crippen molar-refractivity contribution >= 4 is 101 Å². The second-order valence-electron chi connectivity index (χ2n) is 22.9. The number of rotatable bonds is 4. The van der Waals surface area contributed by atoms with Gasteiger partial charge in [0.1, 0.15) is 11.2 Å². The number of hydrogen-bond donors (Lipinski definition) is 0. The Bertz CT molecular complexity index is 4040. The molecular formula is C67H60BN3O. The van der Waals surface area contributed by atoms with Crippen molar-refractivity contribution in [1.29, 1.82) is 0 Å². The van der Waals surface area contributed by atoms with Gasteiger partial charge in [0.05, 0.1) is 22.4 Å². The molecule has 0 saturated heterocycles. The molecule has 0 amide bonds. The summed E-state index contributed by atoms with van der Waals surface area (Å²) in [5.41, 5.74) is 27.8. The Balaban J connectivity index is 1.12. The largest absolute Gasteiger partial charge is 0.455 e. The van der Waals surface area contributed by atoms with Crippen molar-refractivity contribution in [2.45, 2.75) is 87.0 Å². The summed E-state index contributed by atoms with van der Waals surface area (Å²) in [5, 5.41) is 4.82. The maximum absolute atomic E-state index is 6.62. The zero-order chi connectivity index (χ0) is 49.7. The number of fused-ring (bicyclic) bond motifs is 10. The first-order valence-electron chi connectivity index (χ1n) is 25.7. The minimum atomic E-state index is -0.0684. The molecule has 0 atom stereocenters. The number of para-hydroxylation sites is 4. The Kier molecular flexibility index (Phi) is 9.59. The van der Waals surface area contributed by atoms with Crippen LogP contribution in [-0.4, -0.2) is 11.3 Å². The minimum Gasteiger partial charge on any atom is -0.455 e. The molecule has 352 valence electrons. The van der Waals surface area contributed by atoms with E-state index in [9.17, 15) is 0 Å². The van der Waals surface area contributed by atoms with Crippen molar-refractivity contribution in [3.05, 3.63) is 203 Å². The Morgan fingerprint density at radius 3 is 1.72 bits per heavy atom. The van der Waals surface area contributed by atoms with E-state index in [0.29, 0.717) is 0 Å². The molecule has 0 N–H and O–H groups in total. The average molecular weight is 934 g/mol. The number of hydrogen-bond acceptors (Lipinski definition) is 3. The van der Waals surface area contributed by atoms with E-state index < -0.39 is 0 Å². The fourth-order valence-corrected chi connectivity index (χ4v) is 12.5. The third-order valence-corrected chi connectivity index (χ3v) is 15.9. The minimum absolute atomic E-state index is 0.0114. The van der Waals surface area contributed by atoms with E-state index >= 15 is 0 Å². The first kappa shape index (κ1) is 44.2. The van der Waals surface area contributed by atoms with E-state index in [2.05, 4.69) is 254 Å². The maximum atomic E-state index is 6.62. The van der Waals surface area contributed by atoms with Crippen LogP contribution in [0.3, 0.4) is 0 Å². The number of benzene rings is 9. The second-order valence-corrected chi connectivity index (χ2v) is 22.9. The van der Waals surface area contributed by atoms with Crippen LogP contribution in [0.1, 0.15) is 80.5 Å². The quantitative estimate of drug-likeness (QED) is 0.164. The van der Waals surface area contributed by atoms with Crippen molar-refractivity contribution in [3.8, 4) is 16.8 Å². The molecule has 11 aromatic rings. The first-order chi connectivity index (χ1) is 34.5. The summed E-state index contributed by atoms with van der Waals surface area (Å²) in [7, 11) is 0. The van der Waals surface area contributed by atoms with Crippen LogP contribution in [0, 0.1) is 34.6 Å².